The lowest BCUT2D eigenvalue weighted by atomic mass is 10.1. The minimum atomic E-state index is -0.506. The molecule has 10 heteroatoms. The zero-order chi connectivity index (χ0) is 23.5. The van der Waals surface area contributed by atoms with Crippen LogP contribution >= 0.6 is 11.3 Å². The molecule has 1 fully saturated rings. The number of ether oxygens (including phenoxy) is 3. The van der Waals surface area contributed by atoms with Crippen LogP contribution in [0.15, 0.2) is 48.5 Å². The molecule has 0 spiro atoms. The Balaban J connectivity index is 1.23. The van der Waals surface area contributed by atoms with Crippen LogP contribution in [0.3, 0.4) is 0 Å². The van der Waals surface area contributed by atoms with E-state index in [1.54, 1.807) is 23.1 Å². The monoisotopic (exact) mass is 480 g/mol. The Hall–Kier alpha value is -3.79. The summed E-state index contributed by atoms with van der Waals surface area (Å²) in [5, 5.41) is 3.19. The maximum Gasteiger partial charge on any atom is 0.416 e. The van der Waals surface area contributed by atoms with Gasteiger partial charge in [0.25, 0.3) is 5.91 Å². The summed E-state index contributed by atoms with van der Waals surface area (Å²) < 4.78 is 16.8. The molecule has 9 nitrogen and oxygen atoms in total. The molecule has 176 valence electrons. The minimum Gasteiger partial charge on any atom is -0.486 e. The van der Waals surface area contributed by atoms with E-state index < -0.39 is 6.09 Å². The number of amides is 2. The first-order valence-corrected chi connectivity index (χ1v) is 11.9. The molecule has 1 aliphatic carbocycles. The zero-order valence-corrected chi connectivity index (χ0v) is 19.2. The highest BCUT2D eigenvalue weighted by atomic mass is 32.1. The van der Waals surface area contributed by atoms with Crippen molar-refractivity contribution < 1.29 is 23.8 Å². The molecule has 0 saturated heterocycles. The number of aromatic nitrogens is 1. The Morgan fingerprint density at radius 3 is 2.71 bits per heavy atom. The predicted octanol–water partition coefficient (Wildman–Crippen LogP) is 3.56. The molecule has 5 rings (SSSR count). The fourth-order valence-electron chi connectivity index (χ4n) is 3.75. The molecule has 2 amide bonds. The van der Waals surface area contributed by atoms with Gasteiger partial charge < -0.3 is 30.2 Å². The van der Waals surface area contributed by atoms with Gasteiger partial charge in [-0.2, -0.15) is 4.98 Å². The summed E-state index contributed by atoms with van der Waals surface area (Å²) in [6.07, 6.45) is 1.28. The lowest BCUT2D eigenvalue weighted by Gasteiger charge is -2.22. The number of para-hydroxylation sites is 1. The van der Waals surface area contributed by atoms with E-state index in [0.717, 1.165) is 18.4 Å². The number of nitrogens with two attached hydrogens (primary N) is 1. The van der Waals surface area contributed by atoms with E-state index in [9.17, 15) is 9.59 Å². The van der Waals surface area contributed by atoms with Crippen molar-refractivity contribution in [3.05, 3.63) is 54.1 Å². The van der Waals surface area contributed by atoms with Crippen molar-refractivity contribution >= 4 is 28.5 Å². The molecule has 2 aliphatic rings. The van der Waals surface area contributed by atoms with Crippen molar-refractivity contribution in [3.63, 3.8) is 0 Å². The second-order valence-corrected chi connectivity index (χ2v) is 8.96. The van der Waals surface area contributed by atoms with E-state index >= 15 is 0 Å². The van der Waals surface area contributed by atoms with Crippen molar-refractivity contribution in [1.29, 1.82) is 0 Å². The molecule has 0 bridgehead atoms. The van der Waals surface area contributed by atoms with Gasteiger partial charge in [0.15, 0.2) is 16.6 Å². The number of hydrogen-bond donors (Lipinski definition) is 2. The number of benzene rings is 2. The molecule has 1 saturated carbocycles. The summed E-state index contributed by atoms with van der Waals surface area (Å²) in [6.45, 7) is 1.42. The highest BCUT2D eigenvalue weighted by molar-refractivity contribution is 7.19. The van der Waals surface area contributed by atoms with Gasteiger partial charge in [-0.1, -0.05) is 47.7 Å². The molecular weight excluding hydrogens is 456 g/mol. The smallest absolute Gasteiger partial charge is 0.416 e. The average molecular weight is 481 g/mol. The van der Waals surface area contributed by atoms with Gasteiger partial charge in [-0.05, 0) is 30.5 Å². The van der Waals surface area contributed by atoms with E-state index in [1.165, 1.54) is 11.3 Å². The molecule has 0 radical (unpaired) electrons. The highest BCUT2D eigenvalue weighted by Gasteiger charge is 2.34. The van der Waals surface area contributed by atoms with Crippen molar-refractivity contribution in [1.82, 2.24) is 15.2 Å². The molecule has 3 N–H and O–H groups in total. The number of thiazole rings is 1. The van der Waals surface area contributed by atoms with Crippen LogP contribution in [0.25, 0.3) is 10.4 Å². The van der Waals surface area contributed by atoms with Crippen LogP contribution in [0.1, 0.15) is 23.2 Å². The summed E-state index contributed by atoms with van der Waals surface area (Å²) in [5.41, 5.74) is 7.18. The SMILES string of the molecule is Nc1nc(OC(=O)N(CCNC(=O)c2cccc3c2OCCO3)C2CC2)c(-c2ccccc2)s1. The van der Waals surface area contributed by atoms with Gasteiger partial charge in [0.1, 0.15) is 18.1 Å². The number of nitrogens with one attached hydrogen (secondary N) is 1. The van der Waals surface area contributed by atoms with Crippen LogP contribution in [-0.2, 0) is 0 Å². The number of nitrogen functional groups attached to an aromatic ring is 1. The van der Waals surface area contributed by atoms with Crippen molar-refractivity contribution in [2.24, 2.45) is 0 Å². The first-order chi connectivity index (χ1) is 16.6. The Bertz CT molecular complexity index is 1200. The summed E-state index contributed by atoms with van der Waals surface area (Å²) in [6, 6.07) is 14.8. The third kappa shape index (κ3) is 4.76. The second kappa shape index (κ2) is 9.60. The molecule has 1 aliphatic heterocycles. The van der Waals surface area contributed by atoms with Crippen LogP contribution in [0, 0.1) is 0 Å². The van der Waals surface area contributed by atoms with Gasteiger partial charge in [0.05, 0.1) is 5.56 Å². The average Bonchev–Trinajstić information content (AvgIpc) is 3.63. The molecule has 1 aromatic heterocycles. The lowest BCUT2D eigenvalue weighted by molar-refractivity contribution is 0.0933. The van der Waals surface area contributed by atoms with Gasteiger partial charge in [0, 0.05) is 19.1 Å². The number of anilines is 1. The van der Waals surface area contributed by atoms with Crippen LogP contribution < -0.4 is 25.3 Å². The third-order valence-electron chi connectivity index (χ3n) is 5.50. The molecule has 34 heavy (non-hydrogen) atoms. The van der Waals surface area contributed by atoms with Crippen LogP contribution in [0.2, 0.25) is 0 Å². The molecule has 0 unspecified atom stereocenters. The first kappa shape index (κ1) is 22.0. The van der Waals surface area contributed by atoms with E-state index in [-0.39, 0.29) is 24.4 Å². The number of carbonyl (C=O) groups excluding carboxylic acids is 2. The van der Waals surface area contributed by atoms with Crippen LogP contribution in [0.4, 0.5) is 9.93 Å². The van der Waals surface area contributed by atoms with Crippen LogP contribution in [-0.4, -0.2) is 54.2 Å². The Morgan fingerprint density at radius 1 is 1.12 bits per heavy atom. The van der Waals surface area contributed by atoms with Crippen molar-refractivity contribution in [2.45, 2.75) is 18.9 Å². The van der Waals surface area contributed by atoms with E-state index in [0.29, 0.717) is 46.8 Å². The summed E-state index contributed by atoms with van der Waals surface area (Å²) >= 11 is 1.27. The Morgan fingerprint density at radius 2 is 1.91 bits per heavy atom. The van der Waals surface area contributed by atoms with Crippen molar-refractivity contribution in [3.8, 4) is 27.8 Å². The van der Waals surface area contributed by atoms with Crippen molar-refractivity contribution in [2.75, 3.05) is 32.0 Å². The Kier molecular flexibility index (Phi) is 6.22. The number of rotatable bonds is 7. The molecule has 2 aromatic carbocycles. The van der Waals surface area contributed by atoms with Crippen LogP contribution in [0.5, 0.6) is 17.4 Å². The minimum absolute atomic E-state index is 0.0850. The highest BCUT2D eigenvalue weighted by Crippen LogP contribution is 2.38. The molecule has 3 aromatic rings. The van der Waals surface area contributed by atoms with Gasteiger partial charge in [-0.15, -0.1) is 0 Å². The molecule has 0 atom stereocenters. The van der Waals surface area contributed by atoms with Gasteiger partial charge in [0.2, 0.25) is 5.88 Å². The zero-order valence-electron chi connectivity index (χ0n) is 18.4. The number of nitrogens with zero attached hydrogens (tertiary/aromatic N) is 2. The van der Waals surface area contributed by atoms with Gasteiger partial charge in [-0.3, -0.25) is 4.79 Å². The maximum atomic E-state index is 13.0. The molecule has 2 heterocycles. The van der Waals surface area contributed by atoms with E-state index in [2.05, 4.69) is 10.3 Å². The first-order valence-electron chi connectivity index (χ1n) is 11.1. The quantitative estimate of drug-likeness (QED) is 0.531. The second-order valence-electron chi connectivity index (χ2n) is 7.93. The number of carbonyl (C=O) groups is 2. The molecular formula is C24H24N4O5S. The normalized spacial score (nSPS) is 14.4. The van der Waals surface area contributed by atoms with E-state index in [1.807, 2.05) is 30.3 Å². The maximum absolute atomic E-state index is 13.0. The fourth-order valence-corrected chi connectivity index (χ4v) is 4.52. The predicted molar refractivity (Wildman–Crippen MR) is 127 cm³/mol. The summed E-state index contributed by atoms with van der Waals surface area (Å²) in [4.78, 5) is 32.3. The van der Waals surface area contributed by atoms with Gasteiger partial charge >= 0.3 is 6.09 Å². The number of fused-ring (bicyclic) bond motifs is 1. The lowest BCUT2D eigenvalue weighted by Crippen LogP contribution is -2.41. The third-order valence-corrected chi connectivity index (χ3v) is 6.42. The topological polar surface area (TPSA) is 116 Å². The largest absolute Gasteiger partial charge is 0.486 e. The fraction of sp³-hybridized carbons (Fsp3) is 0.292. The van der Waals surface area contributed by atoms with Gasteiger partial charge in [-0.25, -0.2) is 4.79 Å². The van der Waals surface area contributed by atoms with E-state index in [4.69, 9.17) is 19.9 Å². The summed E-state index contributed by atoms with van der Waals surface area (Å²) in [5.74, 6) is 0.907. The standard InChI is InChI=1S/C24H24N4O5S/c25-23-27-22(20(34-23)15-5-2-1-3-6-15)33-24(30)28(16-9-10-16)12-11-26-21(29)17-7-4-8-18-19(17)32-14-13-31-18/h1-8,16H,9-14H2,(H2,25,27)(H,26,29). The number of hydrogen-bond acceptors (Lipinski definition) is 8. The summed E-state index contributed by atoms with van der Waals surface area (Å²) in [7, 11) is 0. The Labute approximate surface area is 200 Å².